The molecule has 138 valence electrons. The molecule has 2 aromatic heterocycles. The summed E-state index contributed by atoms with van der Waals surface area (Å²) in [6.45, 7) is 1.08. The zero-order valence-corrected chi connectivity index (χ0v) is 14.5. The lowest BCUT2D eigenvalue weighted by Crippen LogP contribution is -2.42. The van der Waals surface area contributed by atoms with Gasteiger partial charge >= 0.3 is 0 Å². The predicted molar refractivity (Wildman–Crippen MR) is 95.1 cm³/mol. The van der Waals surface area contributed by atoms with Crippen molar-refractivity contribution in [2.24, 2.45) is 0 Å². The number of para-hydroxylation sites is 1. The third kappa shape index (κ3) is 3.79. The topological polar surface area (TPSA) is 73.1 Å². The zero-order valence-electron chi connectivity index (χ0n) is 14.5. The number of rotatable bonds is 4. The summed E-state index contributed by atoms with van der Waals surface area (Å²) >= 11 is 0. The number of amides is 1. The van der Waals surface area contributed by atoms with Crippen molar-refractivity contribution in [3.8, 4) is 11.6 Å². The van der Waals surface area contributed by atoms with Crippen molar-refractivity contribution >= 4 is 5.91 Å². The Kier molecular flexibility index (Phi) is 4.78. The van der Waals surface area contributed by atoms with E-state index in [2.05, 4.69) is 15.2 Å². The Morgan fingerprint density at radius 3 is 2.52 bits per heavy atom. The monoisotopic (exact) mass is 367 g/mol. The highest BCUT2D eigenvalue weighted by Crippen LogP contribution is 2.22. The van der Waals surface area contributed by atoms with E-state index >= 15 is 0 Å². The Hall–Kier alpha value is -3.29. The van der Waals surface area contributed by atoms with Crippen LogP contribution in [-0.4, -0.2) is 49.7 Å². The number of piperidine rings is 1. The molecular formula is C19H18FN5O2. The van der Waals surface area contributed by atoms with Crippen LogP contribution in [0.3, 0.4) is 0 Å². The average molecular weight is 367 g/mol. The largest absolute Gasteiger partial charge is 0.487 e. The van der Waals surface area contributed by atoms with Crippen LogP contribution >= 0.6 is 0 Å². The second-order valence-electron chi connectivity index (χ2n) is 6.29. The number of carbonyl (C=O) groups is 1. The van der Waals surface area contributed by atoms with Gasteiger partial charge in [0, 0.05) is 25.9 Å². The molecule has 1 aliphatic heterocycles. The summed E-state index contributed by atoms with van der Waals surface area (Å²) in [5.41, 5.74) is 0.370. The van der Waals surface area contributed by atoms with Crippen LogP contribution in [-0.2, 0) is 0 Å². The highest BCUT2D eigenvalue weighted by molar-refractivity contribution is 5.92. The number of ether oxygens (including phenoxy) is 1. The summed E-state index contributed by atoms with van der Waals surface area (Å²) in [4.78, 5) is 18.9. The molecule has 4 rings (SSSR count). The third-order valence-electron chi connectivity index (χ3n) is 4.50. The number of carbonyl (C=O) groups excluding carboxylic acids is 1. The highest BCUT2D eigenvalue weighted by Gasteiger charge is 2.26. The lowest BCUT2D eigenvalue weighted by Gasteiger charge is -2.32. The lowest BCUT2D eigenvalue weighted by atomic mass is 10.1. The van der Waals surface area contributed by atoms with Gasteiger partial charge in [0.1, 0.15) is 30.3 Å². The van der Waals surface area contributed by atoms with Gasteiger partial charge in [-0.1, -0.05) is 18.2 Å². The molecule has 27 heavy (non-hydrogen) atoms. The van der Waals surface area contributed by atoms with E-state index in [-0.39, 0.29) is 23.6 Å². The van der Waals surface area contributed by atoms with Crippen molar-refractivity contribution in [2.75, 3.05) is 13.1 Å². The summed E-state index contributed by atoms with van der Waals surface area (Å²) in [5.74, 6) is 0.342. The summed E-state index contributed by atoms with van der Waals surface area (Å²) < 4.78 is 21.1. The maximum atomic E-state index is 13.7. The van der Waals surface area contributed by atoms with Crippen molar-refractivity contribution in [1.29, 1.82) is 0 Å². The fourth-order valence-electron chi connectivity index (χ4n) is 3.06. The Morgan fingerprint density at radius 1 is 1.04 bits per heavy atom. The standard InChI is InChI=1S/C19H18FN5O2/c20-15-4-1-2-6-17(15)27-14-8-10-24(11-9-14)19(26)16-5-3-7-18(23-16)25-12-21-22-13-25/h1-7,12-14H,8-11H2. The Morgan fingerprint density at radius 2 is 1.78 bits per heavy atom. The van der Waals surface area contributed by atoms with Gasteiger partial charge in [-0.2, -0.15) is 0 Å². The van der Waals surface area contributed by atoms with Crippen molar-refractivity contribution in [2.45, 2.75) is 18.9 Å². The Labute approximate surface area is 155 Å². The van der Waals surface area contributed by atoms with Crippen LogP contribution < -0.4 is 4.74 Å². The van der Waals surface area contributed by atoms with Gasteiger partial charge in [-0.25, -0.2) is 9.37 Å². The molecule has 0 bridgehead atoms. The quantitative estimate of drug-likeness (QED) is 0.708. The van der Waals surface area contributed by atoms with Crippen LogP contribution in [0.4, 0.5) is 4.39 Å². The maximum absolute atomic E-state index is 13.7. The summed E-state index contributed by atoms with van der Waals surface area (Å²) in [6, 6.07) is 11.6. The Balaban J connectivity index is 1.39. The minimum absolute atomic E-state index is 0.109. The van der Waals surface area contributed by atoms with Gasteiger partial charge in [-0.05, 0) is 24.3 Å². The third-order valence-corrected chi connectivity index (χ3v) is 4.50. The number of likely N-dealkylation sites (tertiary alicyclic amines) is 1. The number of benzene rings is 1. The predicted octanol–water partition coefficient (Wildman–Crippen LogP) is 2.49. The van der Waals surface area contributed by atoms with E-state index in [1.807, 2.05) is 0 Å². The summed E-state index contributed by atoms with van der Waals surface area (Å²) in [6.07, 6.45) is 4.24. The molecule has 0 spiro atoms. The number of halogens is 1. The minimum Gasteiger partial charge on any atom is -0.487 e. The first kappa shape index (κ1) is 17.1. The van der Waals surface area contributed by atoms with Gasteiger partial charge < -0.3 is 9.64 Å². The number of aromatic nitrogens is 4. The van der Waals surface area contributed by atoms with Gasteiger partial charge in [0.15, 0.2) is 11.6 Å². The van der Waals surface area contributed by atoms with E-state index in [0.29, 0.717) is 37.4 Å². The molecule has 0 saturated carbocycles. The zero-order chi connectivity index (χ0) is 18.6. The SMILES string of the molecule is O=C(c1cccc(-n2cnnc2)n1)N1CCC(Oc2ccccc2F)CC1. The van der Waals surface area contributed by atoms with Crippen LogP contribution in [0.2, 0.25) is 0 Å². The molecule has 3 heterocycles. The maximum Gasteiger partial charge on any atom is 0.272 e. The molecule has 0 radical (unpaired) electrons. The van der Waals surface area contributed by atoms with Crippen LogP contribution in [0.25, 0.3) is 5.82 Å². The van der Waals surface area contributed by atoms with E-state index in [0.717, 1.165) is 0 Å². The normalized spacial score (nSPS) is 14.9. The van der Waals surface area contributed by atoms with Gasteiger partial charge in [-0.3, -0.25) is 9.36 Å². The molecule has 3 aromatic rings. The van der Waals surface area contributed by atoms with Crippen LogP contribution in [0.15, 0.2) is 55.1 Å². The smallest absolute Gasteiger partial charge is 0.272 e. The molecule has 0 N–H and O–H groups in total. The van der Waals surface area contributed by atoms with Crippen LogP contribution in [0.1, 0.15) is 23.3 Å². The molecular weight excluding hydrogens is 349 g/mol. The fraction of sp³-hybridized carbons (Fsp3) is 0.263. The molecule has 1 aliphatic rings. The molecule has 8 heteroatoms. The minimum atomic E-state index is -0.369. The molecule has 0 aliphatic carbocycles. The van der Waals surface area contributed by atoms with E-state index in [4.69, 9.17) is 4.74 Å². The number of hydrogen-bond acceptors (Lipinski definition) is 5. The first-order valence-corrected chi connectivity index (χ1v) is 8.73. The van der Waals surface area contributed by atoms with Crippen LogP contribution in [0, 0.1) is 5.82 Å². The lowest BCUT2D eigenvalue weighted by molar-refractivity contribution is 0.0583. The van der Waals surface area contributed by atoms with Gasteiger partial charge in [0.05, 0.1) is 0 Å². The first-order valence-electron chi connectivity index (χ1n) is 8.73. The number of hydrogen-bond donors (Lipinski definition) is 0. The van der Waals surface area contributed by atoms with Gasteiger partial charge in [0.2, 0.25) is 0 Å². The molecule has 1 amide bonds. The van der Waals surface area contributed by atoms with Gasteiger partial charge in [0.25, 0.3) is 5.91 Å². The fourth-order valence-corrected chi connectivity index (χ4v) is 3.06. The first-order chi connectivity index (χ1) is 13.2. The second kappa shape index (κ2) is 7.53. The van der Waals surface area contributed by atoms with Crippen molar-refractivity contribution in [3.63, 3.8) is 0 Å². The number of pyridine rings is 1. The second-order valence-corrected chi connectivity index (χ2v) is 6.29. The van der Waals surface area contributed by atoms with Crippen molar-refractivity contribution in [3.05, 3.63) is 66.6 Å². The molecule has 0 atom stereocenters. The summed E-state index contributed by atoms with van der Waals surface area (Å²) in [7, 11) is 0. The molecule has 7 nitrogen and oxygen atoms in total. The highest BCUT2D eigenvalue weighted by atomic mass is 19.1. The number of nitrogens with zero attached hydrogens (tertiary/aromatic N) is 5. The molecule has 1 fully saturated rings. The van der Waals surface area contributed by atoms with Crippen LogP contribution in [0.5, 0.6) is 5.75 Å². The van der Waals surface area contributed by atoms with Gasteiger partial charge in [-0.15, -0.1) is 10.2 Å². The summed E-state index contributed by atoms with van der Waals surface area (Å²) in [5, 5.41) is 7.50. The van der Waals surface area contributed by atoms with E-state index in [1.165, 1.54) is 18.7 Å². The molecule has 1 aromatic carbocycles. The van der Waals surface area contributed by atoms with Crippen molar-refractivity contribution < 1.29 is 13.9 Å². The Bertz CT molecular complexity index is 923. The van der Waals surface area contributed by atoms with E-state index in [9.17, 15) is 9.18 Å². The average Bonchev–Trinajstić information content (AvgIpc) is 3.25. The van der Waals surface area contributed by atoms with E-state index in [1.54, 1.807) is 45.9 Å². The molecule has 0 unspecified atom stereocenters. The van der Waals surface area contributed by atoms with E-state index < -0.39 is 0 Å². The molecule has 1 saturated heterocycles. The van der Waals surface area contributed by atoms with Crippen molar-refractivity contribution in [1.82, 2.24) is 24.6 Å².